The van der Waals surface area contributed by atoms with Gasteiger partial charge in [-0.2, -0.15) is 0 Å². The summed E-state index contributed by atoms with van der Waals surface area (Å²) in [4.78, 5) is 12.7. The summed E-state index contributed by atoms with van der Waals surface area (Å²) in [6.07, 6.45) is 3.41. The normalized spacial score (nSPS) is 11.2. The number of amidine groups is 1. The minimum Gasteiger partial charge on any atom is -0.291 e. The summed E-state index contributed by atoms with van der Waals surface area (Å²) in [5.41, 5.74) is 7.41. The fraction of sp³-hybridized carbons (Fsp3) is 0.0500. The number of nitrogens with one attached hydrogen (secondary N) is 1. The average molecular weight is 330 g/mol. The van der Waals surface area contributed by atoms with Crippen LogP contribution in [-0.2, 0) is 0 Å². The van der Waals surface area contributed by atoms with Crippen molar-refractivity contribution in [3.05, 3.63) is 78.1 Å². The summed E-state index contributed by atoms with van der Waals surface area (Å²) in [5, 5.41) is 9.28. The largest absolute Gasteiger partial charge is 0.291 e. The Kier molecular flexibility index (Phi) is 4.97. The summed E-state index contributed by atoms with van der Waals surface area (Å²) in [6.45, 7) is 5.59. The second-order valence-electron chi connectivity index (χ2n) is 5.49. The van der Waals surface area contributed by atoms with Gasteiger partial charge in [-0.05, 0) is 55.1 Å². The van der Waals surface area contributed by atoms with Gasteiger partial charge in [0.1, 0.15) is 0 Å². The zero-order valence-corrected chi connectivity index (χ0v) is 13.8. The van der Waals surface area contributed by atoms with Crippen molar-refractivity contribution in [2.75, 3.05) is 5.48 Å². The number of anilines is 1. The van der Waals surface area contributed by atoms with E-state index in [2.05, 4.69) is 27.2 Å². The molecular formula is C20H18N4O. The number of hydrogen-bond acceptors (Lipinski definition) is 4. The summed E-state index contributed by atoms with van der Waals surface area (Å²) in [5.74, 6) is 0.529. The van der Waals surface area contributed by atoms with Gasteiger partial charge in [-0.3, -0.25) is 15.7 Å². The van der Waals surface area contributed by atoms with Crippen molar-refractivity contribution < 1.29 is 5.21 Å². The third-order valence-electron chi connectivity index (χ3n) is 3.85. The van der Waals surface area contributed by atoms with Gasteiger partial charge in [-0.1, -0.05) is 24.3 Å². The molecule has 0 saturated carbocycles. The molecule has 2 aromatic carbocycles. The highest BCUT2D eigenvalue weighted by molar-refractivity contribution is 6.02. The van der Waals surface area contributed by atoms with Gasteiger partial charge >= 0.3 is 0 Å². The van der Waals surface area contributed by atoms with E-state index in [0.29, 0.717) is 11.5 Å². The maximum Gasteiger partial charge on any atom is 0.160 e. The van der Waals surface area contributed by atoms with Gasteiger partial charge in [-0.25, -0.2) is 9.98 Å². The Morgan fingerprint density at radius 2 is 1.96 bits per heavy atom. The van der Waals surface area contributed by atoms with Gasteiger partial charge in [0.15, 0.2) is 5.84 Å². The van der Waals surface area contributed by atoms with E-state index in [0.717, 1.165) is 27.9 Å². The van der Waals surface area contributed by atoms with Crippen molar-refractivity contribution in [2.45, 2.75) is 6.92 Å². The number of hydrogen-bond donors (Lipinski definition) is 2. The van der Waals surface area contributed by atoms with E-state index >= 15 is 0 Å². The van der Waals surface area contributed by atoms with Crippen molar-refractivity contribution >= 4 is 23.9 Å². The number of aryl methyl sites for hydroxylation is 1. The molecule has 0 aliphatic carbocycles. The molecule has 0 radical (unpaired) electrons. The molecule has 25 heavy (non-hydrogen) atoms. The molecule has 0 aliphatic heterocycles. The van der Waals surface area contributed by atoms with Crippen LogP contribution in [0.3, 0.4) is 0 Å². The van der Waals surface area contributed by atoms with E-state index in [1.54, 1.807) is 12.4 Å². The highest BCUT2D eigenvalue weighted by atomic mass is 16.5. The molecular weight excluding hydrogens is 312 g/mol. The van der Waals surface area contributed by atoms with E-state index in [1.165, 1.54) is 0 Å². The Balaban J connectivity index is 2.00. The smallest absolute Gasteiger partial charge is 0.160 e. The summed E-state index contributed by atoms with van der Waals surface area (Å²) < 4.78 is 0. The third-order valence-corrected chi connectivity index (χ3v) is 3.85. The summed E-state index contributed by atoms with van der Waals surface area (Å²) in [6, 6.07) is 17.2. The predicted molar refractivity (Wildman–Crippen MR) is 102 cm³/mol. The van der Waals surface area contributed by atoms with Crippen LogP contribution in [-0.4, -0.2) is 22.7 Å². The van der Waals surface area contributed by atoms with Crippen LogP contribution in [0.5, 0.6) is 0 Å². The molecule has 2 N–H and O–H groups in total. The second kappa shape index (κ2) is 7.51. The number of aromatic nitrogens is 1. The van der Waals surface area contributed by atoms with Crippen molar-refractivity contribution in [1.82, 2.24) is 4.98 Å². The zero-order chi connectivity index (χ0) is 17.6. The van der Waals surface area contributed by atoms with Gasteiger partial charge < -0.3 is 0 Å². The lowest BCUT2D eigenvalue weighted by atomic mass is 10.0. The first-order chi connectivity index (χ1) is 12.2. The molecule has 5 heteroatoms. The summed E-state index contributed by atoms with van der Waals surface area (Å²) >= 11 is 0. The number of nitrogens with zero attached hydrogens (tertiary/aromatic N) is 3. The number of benzene rings is 2. The Bertz CT molecular complexity index is 920. The SMILES string of the molecule is C=NC(=Nc1ccc(-c2ccccc2NO)cc1C)c1cccnc1. The Hall–Kier alpha value is -3.31. The average Bonchev–Trinajstić information content (AvgIpc) is 2.67. The maximum absolute atomic E-state index is 9.28. The van der Waals surface area contributed by atoms with Crippen molar-refractivity contribution in [1.29, 1.82) is 0 Å². The predicted octanol–water partition coefficient (Wildman–Crippen LogP) is 4.64. The van der Waals surface area contributed by atoms with Gasteiger partial charge in [-0.15, -0.1) is 0 Å². The number of pyridine rings is 1. The number of aliphatic imine (C=N–C) groups is 2. The minimum absolute atomic E-state index is 0.529. The van der Waals surface area contributed by atoms with Crippen LogP contribution < -0.4 is 5.48 Å². The molecule has 0 amide bonds. The van der Waals surface area contributed by atoms with Crippen LogP contribution >= 0.6 is 0 Å². The molecule has 124 valence electrons. The highest BCUT2D eigenvalue weighted by Crippen LogP contribution is 2.31. The monoisotopic (exact) mass is 330 g/mol. The molecule has 0 spiro atoms. The Morgan fingerprint density at radius 1 is 1.12 bits per heavy atom. The lowest BCUT2D eigenvalue weighted by Crippen LogP contribution is -1.97. The molecule has 0 atom stereocenters. The molecule has 3 aromatic rings. The van der Waals surface area contributed by atoms with E-state index in [9.17, 15) is 5.21 Å². The fourth-order valence-electron chi connectivity index (χ4n) is 2.58. The molecule has 1 aromatic heterocycles. The molecule has 0 aliphatic rings. The topological polar surface area (TPSA) is 69.9 Å². The van der Waals surface area contributed by atoms with Crippen LogP contribution in [0, 0.1) is 6.92 Å². The molecule has 5 nitrogen and oxygen atoms in total. The molecule has 0 fully saturated rings. The molecule has 1 heterocycles. The van der Waals surface area contributed by atoms with Gasteiger partial charge in [0, 0.05) is 23.5 Å². The highest BCUT2D eigenvalue weighted by Gasteiger charge is 2.07. The second-order valence-corrected chi connectivity index (χ2v) is 5.49. The number of para-hydroxylation sites is 1. The van der Waals surface area contributed by atoms with Crippen LogP contribution in [0.4, 0.5) is 11.4 Å². The lowest BCUT2D eigenvalue weighted by molar-refractivity contribution is 0.389. The third kappa shape index (κ3) is 3.62. The first-order valence-electron chi connectivity index (χ1n) is 7.79. The van der Waals surface area contributed by atoms with Crippen molar-refractivity contribution in [2.24, 2.45) is 9.98 Å². The van der Waals surface area contributed by atoms with E-state index in [4.69, 9.17) is 0 Å². The van der Waals surface area contributed by atoms with Crippen LogP contribution in [0.2, 0.25) is 0 Å². The standard InChI is InChI=1S/C20H18N4O/c1-14-12-15(17-7-3-4-8-19(17)24-25)9-10-18(14)23-20(21-2)16-6-5-11-22-13-16/h3-13,24-25H,2H2,1H3. The first-order valence-corrected chi connectivity index (χ1v) is 7.79. The number of rotatable bonds is 4. The first kappa shape index (κ1) is 16.5. The van der Waals surface area contributed by atoms with Gasteiger partial charge in [0.25, 0.3) is 0 Å². The quantitative estimate of drug-likeness (QED) is 0.416. The van der Waals surface area contributed by atoms with Crippen molar-refractivity contribution in [3.8, 4) is 11.1 Å². The fourth-order valence-corrected chi connectivity index (χ4v) is 2.58. The Labute approximate surface area is 146 Å². The molecule has 0 saturated heterocycles. The van der Waals surface area contributed by atoms with Crippen LogP contribution in [0.15, 0.2) is 77.0 Å². The van der Waals surface area contributed by atoms with E-state index in [-0.39, 0.29) is 0 Å². The van der Waals surface area contributed by atoms with Gasteiger partial charge in [0.05, 0.1) is 11.4 Å². The molecule has 3 rings (SSSR count). The molecule has 0 bridgehead atoms. The minimum atomic E-state index is 0.529. The van der Waals surface area contributed by atoms with E-state index < -0.39 is 0 Å². The van der Waals surface area contributed by atoms with Crippen molar-refractivity contribution in [3.63, 3.8) is 0 Å². The van der Waals surface area contributed by atoms with Gasteiger partial charge in [0.2, 0.25) is 0 Å². The van der Waals surface area contributed by atoms with E-state index in [1.807, 2.05) is 61.5 Å². The van der Waals surface area contributed by atoms with Crippen LogP contribution in [0.1, 0.15) is 11.1 Å². The maximum atomic E-state index is 9.28. The summed E-state index contributed by atoms with van der Waals surface area (Å²) in [7, 11) is 0. The lowest BCUT2D eigenvalue weighted by Gasteiger charge is -2.10. The molecule has 0 unspecified atom stereocenters. The zero-order valence-electron chi connectivity index (χ0n) is 13.8. The Morgan fingerprint density at radius 3 is 2.64 bits per heavy atom. The van der Waals surface area contributed by atoms with Crippen LogP contribution in [0.25, 0.3) is 11.1 Å².